The lowest BCUT2D eigenvalue weighted by molar-refractivity contribution is -0.116. The molecule has 0 radical (unpaired) electrons. The highest BCUT2D eigenvalue weighted by molar-refractivity contribution is 9.10. The van der Waals surface area contributed by atoms with Crippen molar-refractivity contribution in [2.45, 2.75) is 13.3 Å². The van der Waals surface area contributed by atoms with Crippen LogP contribution in [0.1, 0.15) is 12.5 Å². The SMILES string of the molecule is COc1c(Br)ccc(CC(C)=O)c1F. The quantitative estimate of drug-likeness (QED) is 0.836. The zero-order valence-electron chi connectivity index (χ0n) is 7.93. The highest BCUT2D eigenvalue weighted by Crippen LogP contribution is 2.30. The lowest BCUT2D eigenvalue weighted by Crippen LogP contribution is -2.01. The standard InChI is InChI=1S/C10H10BrFO2/c1-6(13)5-7-3-4-8(11)10(14-2)9(7)12/h3-4H,5H2,1-2H3. The molecule has 76 valence electrons. The molecule has 1 rings (SSSR count). The molecule has 1 aromatic rings. The maximum Gasteiger partial charge on any atom is 0.169 e. The first-order chi connectivity index (χ1) is 6.56. The Morgan fingerprint density at radius 3 is 2.71 bits per heavy atom. The summed E-state index contributed by atoms with van der Waals surface area (Å²) in [6.07, 6.45) is 0.0927. The van der Waals surface area contributed by atoms with Gasteiger partial charge in [-0.3, -0.25) is 4.79 Å². The molecular weight excluding hydrogens is 251 g/mol. The highest BCUT2D eigenvalue weighted by atomic mass is 79.9. The predicted molar refractivity (Wildman–Crippen MR) is 55.0 cm³/mol. The molecule has 0 spiro atoms. The Bertz CT molecular complexity index is 363. The molecule has 0 aliphatic rings. The fraction of sp³-hybridized carbons (Fsp3) is 0.300. The third-order valence-corrected chi connectivity index (χ3v) is 2.40. The number of ether oxygens (including phenoxy) is 1. The van der Waals surface area contributed by atoms with Crippen molar-refractivity contribution in [3.63, 3.8) is 0 Å². The van der Waals surface area contributed by atoms with Crippen LogP contribution in [-0.4, -0.2) is 12.9 Å². The first kappa shape index (κ1) is 11.2. The number of benzene rings is 1. The predicted octanol–water partition coefficient (Wildman–Crippen LogP) is 2.73. The van der Waals surface area contributed by atoms with E-state index < -0.39 is 5.82 Å². The van der Waals surface area contributed by atoms with Crippen molar-refractivity contribution in [2.75, 3.05) is 7.11 Å². The van der Waals surface area contributed by atoms with Gasteiger partial charge in [0.1, 0.15) is 5.78 Å². The molecule has 0 aliphatic carbocycles. The molecule has 0 heterocycles. The molecule has 2 nitrogen and oxygen atoms in total. The number of carbonyl (C=O) groups excluding carboxylic acids is 1. The molecule has 4 heteroatoms. The van der Waals surface area contributed by atoms with Gasteiger partial charge in [-0.15, -0.1) is 0 Å². The van der Waals surface area contributed by atoms with E-state index in [4.69, 9.17) is 4.74 Å². The van der Waals surface area contributed by atoms with Gasteiger partial charge in [0.2, 0.25) is 0 Å². The van der Waals surface area contributed by atoms with Gasteiger partial charge in [-0.25, -0.2) is 4.39 Å². The molecule has 0 fully saturated rings. The van der Waals surface area contributed by atoms with E-state index in [0.29, 0.717) is 10.0 Å². The topological polar surface area (TPSA) is 26.3 Å². The average molecular weight is 261 g/mol. The van der Waals surface area contributed by atoms with Crippen LogP contribution < -0.4 is 4.74 Å². The van der Waals surface area contributed by atoms with E-state index >= 15 is 0 Å². The molecule has 0 saturated heterocycles. The Labute approximate surface area is 90.2 Å². The van der Waals surface area contributed by atoms with Crippen molar-refractivity contribution >= 4 is 21.7 Å². The second kappa shape index (κ2) is 4.55. The van der Waals surface area contributed by atoms with E-state index in [9.17, 15) is 9.18 Å². The summed E-state index contributed by atoms with van der Waals surface area (Å²) in [6.45, 7) is 1.42. The van der Waals surface area contributed by atoms with Crippen LogP contribution in [0.15, 0.2) is 16.6 Å². The molecule has 0 bridgehead atoms. The third kappa shape index (κ3) is 2.32. The normalized spacial score (nSPS) is 10.0. The molecule has 0 aliphatic heterocycles. The number of methoxy groups -OCH3 is 1. The van der Waals surface area contributed by atoms with E-state index in [0.717, 1.165) is 0 Å². The Morgan fingerprint density at radius 1 is 1.57 bits per heavy atom. The van der Waals surface area contributed by atoms with Crippen molar-refractivity contribution in [1.29, 1.82) is 0 Å². The first-order valence-electron chi connectivity index (χ1n) is 4.06. The van der Waals surface area contributed by atoms with Crippen LogP contribution in [0.25, 0.3) is 0 Å². The summed E-state index contributed by atoms with van der Waals surface area (Å²) in [4.78, 5) is 10.8. The highest BCUT2D eigenvalue weighted by Gasteiger charge is 2.13. The molecule has 0 amide bonds. The Morgan fingerprint density at radius 2 is 2.21 bits per heavy atom. The Hall–Kier alpha value is -0.900. The molecular formula is C10H10BrFO2. The van der Waals surface area contributed by atoms with Crippen molar-refractivity contribution in [3.05, 3.63) is 28.0 Å². The minimum Gasteiger partial charge on any atom is -0.492 e. The van der Waals surface area contributed by atoms with Gasteiger partial charge in [0, 0.05) is 6.42 Å². The van der Waals surface area contributed by atoms with E-state index in [1.54, 1.807) is 12.1 Å². The van der Waals surface area contributed by atoms with E-state index in [-0.39, 0.29) is 18.0 Å². The Kier molecular flexibility index (Phi) is 3.63. The fourth-order valence-electron chi connectivity index (χ4n) is 1.17. The minimum absolute atomic E-state index is 0.0757. The number of hydrogen-bond donors (Lipinski definition) is 0. The zero-order valence-corrected chi connectivity index (χ0v) is 9.52. The van der Waals surface area contributed by atoms with Crippen LogP contribution in [-0.2, 0) is 11.2 Å². The number of hydrogen-bond acceptors (Lipinski definition) is 2. The number of halogens is 2. The van der Waals surface area contributed by atoms with Crippen molar-refractivity contribution in [2.24, 2.45) is 0 Å². The van der Waals surface area contributed by atoms with Gasteiger partial charge in [-0.2, -0.15) is 0 Å². The average Bonchev–Trinajstić information content (AvgIpc) is 2.10. The van der Waals surface area contributed by atoms with Crippen LogP contribution >= 0.6 is 15.9 Å². The summed E-state index contributed by atoms with van der Waals surface area (Å²) in [7, 11) is 1.39. The first-order valence-corrected chi connectivity index (χ1v) is 4.86. The van der Waals surface area contributed by atoms with Gasteiger partial charge in [0.25, 0.3) is 0 Å². The number of ketones is 1. The smallest absolute Gasteiger partial charge is 0.169 e. The second-order valence-corrected chi connectivity index (χ2v) is 3.79. The molecule has 0 aromatic heterocycles. The number of Topliss-reactive ketones (excluding diaryl/α,β-unsaturated/α-hetero) is 1. The number of rotatable bonds is 3. The molecule has 1 aromatic carbocycles. The summed E-state index contributed by atoms with van der Waals surface area (Å²) in [6, 6.07) is 3.24. The molecule has 0 atom stereocenters. The van der Waals surface area contributed by atoms with Gasteiger partial charge in [0.05, 0.1) is 11.6 Å². The lowest BCUT2D eigenvalue weighted by atomic mass is 10.1. The van der Waals surface area contributed by atoms with Crippen LogP contribution in [0.5, 0.6) is 5.75 Å². The largest absolute Gasteiger partial charge is 0.492 e. The van der Waals surface area contributed by atoms with Crippen LogP contribution in [0.3, 0.4) is 0 Å². The second-order valence-electron chi connectivity index (χ2n) is 2.93. The van der Waals surface area contributed by atoms with Crippen molar-refractivity contribution < 1.29 is 13.9 Å². The molecule has 0 unspecified atom stereocenters. The summed E-state index contributed by atoms with van der Waals surface area (Å²) >= 11 is 3.16. The van der Waals surface area contributed by atoms with Crippen LogP contribution in [0.4, 0.5) is 4.39 Å². The maximum absolute atomic E-state index is 13.6. The molecule has 0 N–H and O–H groups in total. The Balaban J connectivity index is 3.14. The summed E-state index contributed by atoms with van der Waals surface area (Å²) in [5, 5.41) is 0. The summed E-state index contributed by atoms with van der Waals surface area (Å²) in [5.74, 6) is -0.408. The van der Waals surface area contributed by atoms with Crippen LogP contribution in [0.2, 0.25) is 0 Å². The van der Waals surface area contributed by atoms with Crippen LogP contribution in [0, 0.1) is 5.82 Å². The monoisotopic (exact) mass is 260 g/mol. The molecule has 14 heavy (non-hydrogen) atoms. The van der Waals surface area contributed by atoms with Gasteiger partial charge in [0.15, 0.2) is 11.6 Å². The van der Waals surface area contributed by atoms with E-state index in [1.807, 2.05) is 0 Å². The fourth-order valence-corrected chi connectivity index (χ4v) is 1.63. The van der Waals surface area contributed by atoms with Gasteiger partial charge in [-0.05, 0) is 34.5 Å². The van der Waals surface area contributed by atoms with Gasteiger partial charge in [-0.1, -0.05) is 6.07 Å². The minimum atomic E-state index is -0.475. The maximum atomic E-state index is 13.6. The van der Waals surface area contributed by atoms with E-state index in [2.05, 4.69) is 15.9 Å². The van der Waals surface area contributed by atoms with Crippen molar-refractivity contribution in [1.82, 2.24) is 0 Å². The number of carbonyl (C=O) groups is 1. The third-order valence-electron chi connectivity index (χ3n) is 1.77. The summed E-state index contributed by atoms with van der Waals surface area (Å²) in [5.41, 5.74) is 0.359. The zero-order chi connectivity index (χ0) is 10.7. The summed E-state index contributed by atoms with van der Waals surface area (Å²) < 4.78 is 19.0. The van der Waals surface area contributed by atoms with E-state index in [1.165, 1.54) is 14.0 Å². The molecule has 0 saturated carbocycles. The van der Waals surface area contributed by atoms with Gasteiger partial charge >= 0.3 is 0 Å². The van der Waals surface area contributed by atoms with Crippen molar-refractivity contribution in [3.8, 4) is 5.75 Å². The van der Waals surface area contributed by atoms with Gasteiger partial charge < -0.3 is 4.74 Å². The lowest BCUT2D eigenvalue weighted by Gasteiger charge is -2.07.